The molecule has 2 aliphatic rings. The van der Waals surface area contributed by atoms with Gasteiger partial charge in [0.15, 0.2) is 0 Å². The van der Waals surface area contributed by atoms with Crippen molar-refractivity contribution in [3.63, 3.8) is 0 Å². The van der Waals surface area contributed by atoms with Crippen molar-refractivity contribution in [3.05, 3.63) is 23.9 Å². The van der Waals surface area contributed by atoms with Crippen LogP contribution in [0.2, 0.25) is 0 Å². The molecular formula is C23H36N4O2. The van der Waals surface area contributed by atoms with E-state index in [0.717, 1.165) is 31.2 Å². The summed E-state index contributed by atoms with van der Waals surface area (Å²) in [5.74, 6) is 1.91. The molecule has 3 rings (SSSR count). The highest BCUT2D eigenvalue weighted by molar-refractivity contribution is 5.94. The van der Waals surface area contributed by atoms with Crippen molar-refractivity contribution in [1.29, 1.82) is 0 Å². The summed E-state index contributed by atoms with van der Waals surface area (Å²) < 4.78 is 0. The highest BCUT2D eigenvalue weighted by Gasteiger charge is 2.25. The van der Waals surface area contributed by atoms with Gasteiger partial charge >= 0.3 is 0 Å². The SMILES string of the molecule is CCN(CC)c1ccc(C(=O)N2CCN(C(=O)CCC3CCCCC3)CC2)cn1. The number of piperazine rings is 1. The van der Waals surface area contributed by atoms with Crippen molar-refractivity contribution in [2.45, 2.75) is 58.8 Å². The Morgan fingerprint density at radius 3 is 2.24 bits per heavy atom. The maximum atomic E-state index is 12.8. The van der Waals surface area contributed by atoms with Crippen LogP contribution in [-0.4, -0.2) is 65.9 Å². The van der Waals surface area contributed by atoms with Gasteiger partial charge in [-0.2, -0.15) is 0 Å². The fourth-order valence-electron chi connectivity index (χ4n) is 4.55. The van der Waals surface area contributed by atoms with Crippen molar-refractivity contribution < 1.29 is 9.59 Å². The number of anilines is 1. The largest absolute Gasteiger partial charge is 0.357 e. The number of hydrogen-bond donors (Lipinski definition) is 0. The number of carbonyl (C=O) groups excluding carboxylic acids is 2. The van der Waals surface area contributed by atoms with Crippen molar-refractivity contribution in [3.8, 4) is 0 Å². The first-order chi connectivity index (χ1) is 14.1. The molecule has 1 saturated carbocycles. The molecule has 1 saturated heterocycles. The average molecular weight is 401 g/mol. The van der Waals surface area contributed by atoms with E-state index in [1.54, 1.807) is 6.20 Å². The van der Waals surface area contributed by atoms with E-state index in [-0.39, 0.29) is 11.8 Å². The van der Waals surface area contributed by atoms with Crippen LogP contribution in [0.3, 0.4) is 0 Å². The molecule has 0 unspecified atom stereocenters. The van der Waals surface area contributed by atoms with Crippen LogP contribution in [0.5, 0.6) is 0 Å². The molecule has 0 bridgehead atoms. The molecule has 29 heavy (non-hydrogen) atoms. The molecule has 0 radical (unpaired) electrons. The Kier molecular flexibility index (Phi) is 7.90. The first kappa shape index (κ1) is 21.6. The minimum absolute atomic E-state index is 0.0119. The minimum Gasteiger partial charge on any atom is -0.357 e. The lowest BCUT2D eigenvalue weighted by Crippen LogP contribution is -2.50. The van der Waals surface area contributed by atoms with Gasteiger partial charge in [0.25, 0.3) is 5.91 Å². The second-order valence-electron chi connectivity index (χ2n) is 8.29. The number of pyridine rings is 1. The number of amides is 2. The molecule has 1 aliphatic carbocycles. The summed E-state index contributed by atoms with van der Waals surface area (Å²) in [6, 6.07) is 3.79. The normalized spacial score (nSPS) is 18.0. The summed E-state index contributed by atoms with van der Waals surface area (Å²) in [6.45, 7) is 8.47. The average Bonchev–Trinajstić information content (AvgIpc) is 2.79. The predicted molar refractivity (Wildman–Crippen MR) is 116 cm³/mol. The maximum Gasteiger partial charge on any atom is 0.255 e. The lowest BCUT2D eigenvalue weighted by atomic mass is 9.86. The smallest absolute Gasteiger partial charge is 0.255 e. The fourth-order valence-corrected chi connectivity index (χ4v) is 4.55. The summed E-state index contributed by atoms with van der Waals surface area (Å²) in [6.07, 6.45) is 9.95. The number of hydrogen-bond acceptors (Lipinski definition) is 4. The highest BCUT2D eigenvalue weighted by atomic mass is 16.2. The van der Waals surface area contributed by atoms with E-state index in [9.17, 15) is 9.59 Å². The van der Waals surface area contributed by atoms with Crippen molar-refractivity contribution in [2.24, 2.45) is 5.92 Å². The monoisotopic (exact) mass is 400 g/mol. The van der Waals surface area contributed by atoms with E-state index in [1.165, 1.54) is 32.1 Å². The van der Waals surface area contributed by atoms with Gasteiger partial charge in [-0.1, -0.05) is 32.1 Å². The molecule has 0 spiro atoms. The summed E-state index contributed by atoms with van der Waals surface area (Å²) in [4.78, 5) is 35.8. The third kappa shape index (κ3) is 5.71. The van der Waals surface area contributed by atoms with Gasteiger partial charge in [-0.3, -0.25) is 9.59 Å². The van der Waals surface area contributed by atoms with Crippen molar-refractivity contribution in [2.75, 3.05) is 44.2 Å². The zero-order valence-electron chi connectivity index (χ0n) is 18.1. The molecule has 1 aromatic heterocycles. The summed E-state index contributed by atoms with van der Waals surface area (Å²) in [5, 5.41) is 0. The molecule has 2 fully saturated rings. The summed E-state index contributed by atoms with van der Waals surface area (Å²) >= 11 is 0. The zero-order chi connectivity index (χ0) is 20.6. The van der Waals surface area contributed by atoms with E-state index < -0.39 is 0 Å². The van der Waals surface area contributed by atoms with Crippen LogP contribution in [0.1, 0.15) is 69.2 Å². The molecule has 0 atom stereocenters. The van der Waals surface area contributed by atoms with E-state index >= 15 is 0 Å². The van der Waals surface area contributed by atoms with Gasteiger partial charge < -0.3 is 14.7 Å². The van der Waals surface area contributed by atoms with Gasteiger partial charge in [0.1, 0.15) is 5.82 Å². The number of rotatable bonds is 7. The zero-order valence-corrected chi connectivity index (χ0v) is 18.1. The molecule has 6 nitrogen and oxygen atoms in total. The molecule has 0 aromatic carbocycles. The van der Waals surface area contributed by atoms with Gasteiger partial charge in [0, 0.05) is 51.9 Å². The molecular weight excluding hydrogens is 364 g/mol. The van der Waals surface area contributed by atoms with Crippen molar-refractivity contribution >= 4 is 17.6 Å². The Morgan fingerprint density at radius 1 is 1.00 bits per heavy atom. The van der Waals surface area contributed by atoms with Crippen LogP contribution in [0, 0.1) is 5.92 Å². The highest BCUT2D eigenvalue weighted by Crippen LogP contribution is 2.27. The van der Waals surface area contributed by atoms with Crippen LogP contribution < -0.4 is 4.90 Å². The topological polar surface area (TPSA) is 56.8 Å². The summed E-state index contributed by atoms with van der Waals surface area (Å²) in [5.41, 5.74) is 0.623. The number of aromatic nitrogens is 1. The van der Waals surface area contributed by atoms with E-state index in [0.29, 0.717) is 38.2 Å². The third-order valence-electron chi connectivity index (χ3n) is 6.49. The van der Waals surface area contributed by atoms with Crippen LogP contribution >= 0.6 is 0 Å². The van der Waals surface area contributed by atoms with Crippen LogP contribution in [0.15, 0.2) is 18.3 Å². The molecule has 2 amide bonds. The minimum atomic E-state index is 0.0119. The van der Waals surface area contributed by atoms with Crippen molar-refractivity contribution in [1.82, 2.24) is 14.8 Å². The quantitative estimate of drug-likeness (QED) is 0.702. The molecule has 0 N–H and O–H groups in total. The van der Waals surface area contributed by atoms with Gasteiger partial charge in [0.2, 0.25) is 5.91 Å². The Morgan fingerprint density at radius 2 is 1.66 bits per heavy atom. The Bertz CT molecular complexity index is 658. The first-order valence-electron chi connectivity index (χ1n) is 11.4. The van der Waals surface area contributed by atoms with Crippen LogP contribution in [-0.2, 0) is 4.79 Å². The summed E-state index contributed by atoms with van der Waals surface area (Å²) in [7, 11) is 0. The van der Waals surface area contributed by atoms with E-state index in [1.807, 2.05) is 21.9 Å². The molecule has 1 aliphatic heterocycles. The predicted octanol–water partition coefficient (Wildman–Crippen LogP) is 3.57. The van der Waals surface area contributed by atoms with Gasteiger partial charge in [-0.15, -0.1) is 0 Å². The first-order valence-corrected chi connectivity index (χ1v) is 11.4. The number of carbonyl (C=O) groups is 2. The number of nitrogens with zero attached hydrogens (tertiary/aromatic N) is 4. The Balaban J connectivity index is 1.45. The van der Waals surface area contributed by atoms with E-state index in [4.69, 9.17) is 0 Å². The molecule has 6 heteroatoms. The second kappa shape index (κ2) is 10.6. The molecule has 1 aromatic rings. The van der Waals surface area contributed by atoms with Crippen LogP contribution in [0.4, 0.5) is 5.82 Å². The maximum absolute atomic E-state index is 12.8. The van der Waals surface area contributed by atoms with Crippen LogP contribution in [0.25, 0.3) is 0 Å². The van der Waals surface area contributed by atoms with E-state index in [2.05, 4.69) is 23.7 Å². The Labute approximate surface area is 175 Å². The fraction of sp³-hybridized carbons (Fsp3) is 0.696. The third-order valence-corrected chi connectivity index (χ3v) is 6.49. The lowest BCUT2D eigenvalue weighted by Gasteiger charge is -2.35. The van der Waals surface area contributed by atoms with Gasteiger partial charge in [-0.05, 0) is 38.3 Å². The van der Waals surface area contributed by atoms with Gasteiger partial charge in [-0.25, -0.2) is 4.98 Å². The standard InChI is InChI=1S/C23H36N4O2/c1-3-25(4-2)21-12-11-20(18-24-21)23(29)27-16-14-26(15-17-27)22(28)13-10-19-8-6-5-7-9-19/h11-12,18-19H,3-10,13-17H2,1-2H3. The second-order valence-corrected chi connectivity index (χ2v) is 8.29. The Hall–Kier alpha value is -2.11. The van der Waals surface area contributed by atoms with Gasteiger partial charge in [0.05, 0.1) is 5.56 Å². The molecule has 2 heterocycles. The molecule has 160 valence electrons. The lowest BCUT2D eigenvalue weighted by molar-refractivity contribution is -0.133.